The van der Waals surface area contributed by atoms with E-state index in [9.17, 15) is 4.79 Å². The van der Waals surface area contributed by atoms with Crippen molar-refractivity contribution in [2.45, 2.75) is 65.1 Å². The highest BCUT2D eigenvalue weighted by Gasteiger charge is 2.74. The lowest BCUT2D eigenvalue weighted by molar-refractivity contribution is -0.125. The maximum Gasteiger partial charge on any atom is 0.164 e. The number of ether oxygens (including phenoxy) is 1. The van der Waals surface area contributed by atoms with Gasteiger partial charge in [-0.15, -0.1) is 0 Å². The summed E-state index contributed by atoms with van der Waals surface area (Å²) < 4.78 is 5.93. The summed E-state index contributed by atoms with van der Waals surface area (Å²) in [6.07, 6.45) is 4.28. The van der Waals surface area contributed by atoms with Crippen molar-refractivity contribution in [1.82, 2.24) is 0 Å². The normalized spacial score (nSPS) is 53.2. The Labute approximate surface area is 104 Å². The number of rotatable bonds is 1. The van der Waals surface area contributed by atoms with Crippen LogP contribution in [0.15, 0.2) is 0 Å². The topological polar surface area (TPSA) is 29.6 Å². The molecule has 2 aliphatic carbocycles. The lowest BCUT2D eigenvalue weighted by Crippen LogP contribution is -2.52. The second-order valence-corrected chi connectivity index (χ2v) is 7.12. The second kappa shape index (κ2) is 3.34. The molecule has 96 valence electrons. The summed E-state index contributed by atoms with van der Waals surface area (Å²) >= 11 is 0. The predicted octanol–water partition coefficient (Wildman–Crippen LogP) is 3.20. The Morgan fingerprint density at radius 3 is 2.76 bits per heavy atom. The highest BCUT2D eigenvalue weighted by Crippen LogP contribution is 2.66. The lowest BCUT2D eigenvalue weighted by Gasteiger charge is -2.50. The van der Waals surface area contributed by atoms with Crippen LogP contribution in [0.2, 0.25) is 0 Å². The molecule has 0 N–H and O–H groups in total. The van der Waals surface area contributed by atoms with Crippen LogP contribution in [0, 0.1) is 23.2 Å². The van der Waals surface area contributed by atoms with Crippen LogP contribution in [-0.2, 0) is 9.53 Å². The molecule has 1 spiro atoms. The molecule has 3 fully saturated rings. The molecule has 1 heterocycles. The fourth-order valence-corrected chi connectivity index (χ4v) is 4.45. The Kier molecular flexibility index (Phi) is 2.30. The number of epoxide rings is 1. The molecular weight excluding hydrogens is 212 g/mol. The first-order valence-electron chi connectivity index (χ1n) is 7.11. The predicted molar refractivity (Wildman–Crippen MR) is 66.7 cm³/mol. The fourth-order valence-electron chi connectivity index (χ4n) is 4.45. The Hall–Kier alpha value is -0.370. The van der Waals surface area contributed by atoms with Gasteiger partial charge in [0.15, 0.2) is 5.78 Å². The lowest BCUT2D eigenvalue weighted by atomic mass is 9.52. The van der Waals surface area contributed by atoms with Gasteiger partial charge in [0.05, 0.1) is 0 Å². The Morgan fingerprint density at radius 1 is 1.41 bits per heavy atom. The van der Waals surface area contributed by atoms with Crippen LogP contribution >= 0.6 is 0 Å². The first-order chi connectivity index (χ1) is 7.91. The van der Waals surface area contributed by atoms with Crippen LogP contribution in [-0.4, -0.2) is 17.5 Å². The summed E-state index contributed by atoms with van der Waals surface area (Å²) in [4.78, 5) is 11.9. The van der Waals surface area contributed by atoms with E-state index in [4.69, 9.17) is 4.74 Å². The zero-order valence-corrected chi connectivity index (χ0v) is 11.5. The summed E-state index contributed by atoms with van der Waals surface area (Å²) in [5.41, 5.74) is 0.173. The molecule has 0 aromatic rings. The average molecular weight is 236 g/mol. The summed E-state index contributed by atoms with van der Waals surface area (Å²) in [6, 6.07) is 0. The van der Waals surface area contributed by atoms with Crippen LogP contribution in [0.4, 0.5) is 0 Å². The van der Waals surface area contributed by atoms with Crippen molar-refractivity contribution in [2.24, 2.45) is 23.2 Å². The molecule has 1 aliphatic heterocycles. The Balaban J connectivity index is 1.91. The summed E-state index contributed by atoms with van der Waals surface area (Å²) in [6.45, 7) is 9.28. The SMILES string of the molecule is CC(C)[C@@H]1CCC23OC2C(=O)C[C@@H](C)[C@]3(C)C1. The van der Waals surface area contributed by atoms with Gasteiger partial charge in [-0.2, -0.15) is 0 Å². The Bertz CT molecular complexity index is 362. The summed E-state index contributed by atoms with van der Waals surface area (Å²) in [7, 11) is 0. The van der Waals surface area contributed by atoms with E-state index in [-0.39, 0.29) is 17.1 Å². The average Bonchev–Trinajstić information content (AvgIpc) is 2.98. The monoisotopic (exact) mass is 236 g/mol. The van der Waals surface area contributed by atoms with E-state index in [1.807, 2.05) is 0 Å². The molecule has 1 saturated heterocycles. The van der Waals surface area contributed by atoms with Gasteiger partial charge in [0, 0.05) is 11.8 Å². The molecule has 0 amide bonds. The Morgan fingerprint density at radius 2 is 2.12 bits per heavy atom. The third-order valence-electron chi connectivity index (χ3n) is 6.06. The number of carbonyl (C=O) groups is 1. The van der Waals surface area contributed by atoms with E-state index in [2.05, 4.69) is 27.7 Å². The zero-order chi connectivity index (χ0) is 12.4. The molecule has 0 aromatic heterocycles. The highest BCUT2D eigenvalue weighted by atomic mass is 16.6. The van der Waals surface area contributed by atoms with Gasteiger partial charge in [-0.3, -0.25) is 4.79 Å². The number of carbonyl (C=O) groups excluding carboxylic acids is 1. The van der Waals surface area contributed by atoms with Crippen molar-refractivity contribution in [3.05, 3.63) is 0 Å². The molecule has 0 radical (unpaired) electrons. The van der Waals surface area contributed by atoms with E-state index in [0.29, 0.717) is 11.7 Å². The van der Waals surface area contributed by atoms with Crippen LogP contribution < -0.4 is 0 Å². The molecule has 3 aliphatic rings. The number of hydrogen-bond acceptors (Lipinski definition) is 2. The van der Waals surface area contributed by atoms with Crippen molar-refractivity contribution in [2.75, 3.05) is 0 Å². The van der Waals surface area contributed by atoms with Gasteiger partial charge in [0.25, 0.3) is 0 Å². The van der Waals surface area contributed by atoms with E-state index < -0.39 is 0 Å². The number of hydrogen-bond donors (Lipinski definition) is 0. The fraction of sp³-hybridized carbons (Fsp3) is 0.933. The quantitative estimate of drug-likeness (QED) is 0.654. The largest absolute Gasteiger partial charge is 0.357 e. The van der Waals surface area contributed by atoms with Crippen LogP contribution in [0.3, 0.4) is 0 Å². The van der Waals surface area contributed by atoms with Crippen molar-refractivity contribution in [3.8, 4) is 0 Å². The van der Waals surface area contributed by atoms with Gasteiger partial charge in [-0.25, -0.2) is 0 Å². The first-order valence-corrected chi connectivity index (χ1v) is 7.11. The standard InChI is InChI=1S/C15H24O2/c1-9(2)11-5-6-15-13(17-15)12(16)7-10(3)14(15,4)8-11/h9-11,13H,5-8H2,1-4H3/t10-,11-,13?,14+,15?/m1/s1. The minimum absolute atomic E-state index is 0.0446. The summed E-state index contributed by atoms with van der Waals surface area (Å²) in [5.74, 6) is 2.41. The molecule has 2 saturated carbocycles. The first kappa shape index (κ1) is 11.7. The van der Waals surface area contributed by atoms with E-state index >= 15 is 0 Å². The molecule has 5 atom stereocenters. The van der Waals surface area contributed by atoms with Gasteiger partial charge < -0.3 is 4.74 Å². The zero-order valence-electron chi connectivity index (χ0n) is 11.5. The van der Waals surface area contributed by atoms with Gasteiger partial charge >= 0.3 is 0 Å². The maximum absolute atomic E-state index is 11.9. The van der Waals surface area contributed by atoms with Crippen LogP contribution in [0.25, 0.3) is 0 Å². The molecule has 3 rings (SSSR count). The molecule has 0 aromatic carbocycles. The number of Topliss-reactive ketones (excluding diaryl/α,β-unsaturated/α-hetero) is 1. The molecule has 2 heteroatoms. The maximum atomic E-state index is 11.9. The molecule has 0 bridgehead atoms. The van der Waals surface area contributed by atoms with Crippen molar-refractivity contribution < 1.29 is 9.53 Å². The molecule has 17 heavy (non-hydrogen) atoms. The van der Waals surface area contributed by atoms with Gasteiger partial charge in [-0.1, -0.05) is 27.7 Å². The van der Waals surface area contributed by atoms with Gasteiger partial charge in [0.2, 0.25) is 0 Å². The van der Waals surface area contributed by atoms with Gasteiger partial charge in [-0.05, 0) is 37.0 Å². The third-order valence-corrected chi connectivity index (χ3v) is 6.06. The minimum atomic E-state index is -0.0624. The molecule has 2 unspecified atom stereocenters. The minimum Gasteiger partial charge on any atom is -0.357 e. The van der Waals surface area contributed by atoms with Crippen LogP contribution in [0.1, 0.15) is 53.4 Å². The number of ketones is 1. The second-order valence-electron chi connectivity index (χ2n) is 7.12. The molecular formula is C15H24O2. The van der Waals surface area contributed by atoms with Crippen molar-refractivity contribution >= 4 is 5.78 Å². The highest BCUT2D eigenvalue weighted by molar-refractivity contribution is 5.89. The van der Waals surface area contributed by atoms with Crippen molar-refractivity contribution in [1.29, 1.82) is 0 Å². The van der Waals surface area contributed by atoms with Crippen molar-refractivity contribution in [3.63, 3.8) is 0 Å². The summed E-state index contributed by atoms with van der Waals surface area (Å²) in [5, 5.41) is 0. The van der Waals surface area contributed by atoms with E-state index in [1.165, 1.54) is 12.8 Å². The smallest absolute Gasteiger partial charge is 0.164 e. The van der Waals surface area contributed by atoms with E-state index in [1.54, 1.807) is 0 Å². The van der Waals surface area contributed by atoms with Crippen LogP contribution in [0.5, 0.6) is 0 Å². The van der Waals surface area contributed by atoms with Gasteiger partial charge in [0.1, 0.15) is 11.7 Å². The molecule has 2 nitrogen and oxygen atoms in total. The third kappa shape index (κ3) is 1.34. The van der Waals surface area contributed by atoms with E-state index in [0.717, 1.165) is 24.7 Å².